The molecule has 1 aromatic carbocycles. The number of halogens is 2. The number of aryl methyl sites for hydroxylation is 1. The van der Waals surface area contributed by atoms with E-state index in [1.165, 1.54) is 4.68 Å². The lowest BCUT2D eigenvalue weighted by Crippen LogP contribution is -2.33. The van der Waals surface area contributed by atoms with E-state index in [1.807, 2.05) is 6.07 Å². The van der Waals surface area contributed by atoms with Gasteiger partial charge in [-0.25, -0.2) is 4.79 Å². The van der Waals surface area contributed by atoms with Crippen LogP contribution in [-0.4, -0.2) is 29.5 Å². The summed E-state index contributed by atoms with van der Waals surface area (Å²) in [5, 5.41) is 8.30. The van der Waals surface area contributed by atoms with Crippen molar-refractivity contribution in [2.24, 2.45) is 0 Å². The van der Waals surface area contributed by atoms with Crippen LogP contribution in [0.2, 0.25) is 5.02 Å². The second kappa shape index (κ2) is 7.17. The van der Waals surface area contributed by atoms with Crippen molar-refractivity contribution in [2.45, 2.75) is 31.7 Å². The molecule has 0 atom stereocenters. The summed E-state index contributed by atoms with van der Waals surface area (Å²) in [5.41, 5.74) is 1.70. The highest BCUT2D eigenvalue weighted by Gasteiger charge is 2.24. The number of aromatic nitrogens is 2. The topological polar surface area (TPSA) is 69.3 Å². The van der Waals surface area contributed by atoms with E-state index in [2.05, 4.69) is 10.4 Å². The minimum atomic E-state index is -0.420. The lowest BCUT2D eigenvalue weighted by molar-refractivity contribution is 0.289. The summed E-state index contributed by atoms with van der Waals surface area (Å²) >= 11 is 6.21. The number of nitrogens with zero attached hydrogens (tertiary/aromatic N) is 2. The zero-order valence-corrected chi connectivity index (χ0v) is 14.7. The molecule has 4 rings (SSSR count). The first-order chi connectivity index (χ1) is 11.2. The van der Waals surface area contributed by atoms with Crippen LogP contribution in [0.25, 0.3) is 11.5 Å². The van der Waals surface area contributed by atoms with E-state index in [-0.39, 0.29) is 24.3 Å². The molecule has 2 aliphatic heterocycles. The summed E-state index contributed by atoms with van der Waals surface area (Å²) in [6, 6.07) is 3.74. The fourth-order valence-electron chi connectivity index (χ4n) is 3.28. The van der Waals surface area contributed by atoms with Crippen molar-refractivity contribution in [3.63, 3.8) is 0 Å². The molecule has 6 nitrogen and oxygen atoms in total. The lowest BCUT2D eigenvalue weighted by Gasteiger charge is -2.21. The van der Waals surface area contributed by atoms with Crippen molar-refractivity contribution in [2.75, 3.05) is 19.7 Å². The van der Waals surface area contributed by atoms with E-state index in [4.69, 9.17) is 20.8 Å². The van der Waals surface area contributed by atoms with Gasteiger partial charge in [-0.3, -0.25) is 0 Å². The third-order valence-electron chi connectivity index (χ3n) is 4.42. The number of ether oxygens (including phenoxy) is 1. The highest BCUT2D eigenvalue weighted by Crippen LogP contribution is 2.38. The van der Waals surface area contributed by atoms with Crippen molar-refractivity contribution >= 4 is 24.0 Å². The molecule has 0 aliphatic carbocycles. The van der Waals surface area contributed by atoms with Gasteiger partial charge in [-0.2, -0.15) is 4.68 Å². The quantitative estimate of drug-likeness (QED) is 0.878. The third kappa shape index (κ3) is 3.18. The van der Waals surface area contributed by atoms with Gasteiger partial charge in [-0.1, -0.05) is 11.6 Å². The van der Waals surface area contributed by atoms with Gasteiger partial charge >= 0.3 is 5.76 Å². The first kappa shape index (κ1) is 17.3. The number of nitrogens with one attached hydrogen (secondary N) is 1. The minimum absolute atomic E-state index is 0. The maximum Gasteiger partial charge on any atom is 0.437 e. The molecule has 0 spiro atoms. The molecular formula is C16H19Cl2N3O3. The number of rotatable bonds is 2. The van der Waals surface area contributed by atoms with Crippen LogP contribution in [0.1, 0.15) is 30.9 Å². The molecule has 8 heteroatoms. The van der Waals surface area contributed by atoms with Gasteiger partial charge in [0.2, 0.25) is 0 Å². The van der Waals surface area contributed by atoms with Gasteiger partial charge in [-0.05, 0) is 56.5 Å². The van der Waals surface area contributed by atoms with E-state index in [1.54, 1.807) is 6.07 Å². The van der Waals surface area contributed by atoms with Crippen LogP contribution in [-0.2, 0) is 6.42 Å². The van der Waals surface area contributed by atoms with Gasteiger partial charge in [0.05, 0.1) is 18.2 Å². The van der Waals surface area contributed by atoms with Crippen LogP contribution in [0, 0.1) is 0 Å². The zero-order chi connectivity index (χ0) is 15.8. The first-order valence-corrected chi connectivity index (χ1v) is 8.36. The monoisotopic (exact) mass is 371 g/mol. The Morgan fingerprint density at radius 2 is 2.08 bits per heavy atom. The third-order valence-corrected chi connectivity index (χ3v) is 4.64. The van der Waals surface area contributed by atoms with Crippen LogP contribution < -0.4 is 15.8 Å². The van der Waals surface area contributed by atoms with Crippen molar-refractivity contribution in [1.82, 2.24) is 15.1 Å². The van der Waals surface area contributed by atoms with Crippen LogP contribution in [0.5, 0.6) is 5.75 Å². The van der Waals surface area contributed by atoms with Crippen LogP contribution >= 0.6 is 24.0 Å². The zero-order valence-electron chi connectivity index (χ0n) is 13.1. The molecule has 0 radical (unpaired) electrons. The Bertz CT molecular complexity index is 781. The van der Waals surface area contributed by atoms with E-state index < -0.39 is 5.76 Å². The first-order valence-electron chi connectivity index (χ1n) is 7.98. The average molecular weight is 372 g/mol. The molecule has 1 saturated heterocycles. The molecule has 130 valence electrons. The average Bonchev–Trinajstić information content (AvgIpc) is 2.96. The second-order valence-electron chi connectivity index (χ2n) is 5.99. The molecule has 1 aromatic heterocycles. The predicted molar refractivity (Wildman–Crippen MR) is 93.4 cm³/mol. The molecule has 0 amide bonds. The molecule has 3 heterocycles. The Balaban J connectivity index is 0.00000169. The molecule has 24 heavy (non-hydrogen) atoms. The SMILES string of the molecule is Cl.O=c1oc(-c2cc(Cl)cc3c2OCCC3)nn1C1CCNCC1. The van der Waals surface area contributed by atoms with Crippen LogP contribution in [0.3, 0.4) is 0 Å². The Labute approximate surface area is 150 Å². The van der Waals surface area contributed by atoms with E-state index in [9.17, 15) is 4.79 Å². The fraction of sp³-hybridized carbons (Fsp3) is 0.500. The van der Waals surface area contributed by atoms with Gasteiger partial charge in [0.15, 0.2) is 0 Å². The summed E-state index contributed by atoms with van der Waals surface area (Å²) in [7, 11) is 0. The largest absolute Gasteiger partial charge is 0.492 e. The number of hydrogen-bond donors (Lipinski definition) is 1. The van der Waals surface area contributed by atoms with Crippen molar-refractivity contribution in [3.8, 4) is 17.2 Å². The van der Waals surface area contributed by atoms with Crippen molar-refractivity contribution < 1.29 is 9.15 Å². The fourth-order valence-corrected chi connectivity index (χ4v) is 3.52. The number of hydrogen-bond acceptors (Lipinski definition) is 5. The minimum Gasteiger partial charge on any atom is -0.492 e. The lowest BCUT2D eigenvalue weighted by atomic mass is 10.0. The summed E-state index contributed by atoms with van der Waals surface area (Å²) < 4.78 is 12.7. The molecule has 0 unspecified atom stereocenters. The van der Waals surface area contributed by atoms with Gasteiger partial charge in [-0.15, -0.1) is 17.5 Å². The number of benzene rings is 1. The maximum absolute atomic E-state index is 12.2. The summed E-state index contributed by atoms with van der Waals surface area (Å²) in [4.78, 5) is 12.2. The number of fused-ring (bicyclic) bond motifs is 1. The van der Waals surface area contributed by atoms with Crippen LogP contribution in [0.15, 0.2) is 21.3 Å². The van der Waals surface area contributed by atoms with Crippen LogP contribution in [0.4, 0.5) is 0 Å². The standard InChI is InChI=1S/C16H18ClN3O3.ClH/c17-11-8-10-2-1-7-22-14(10)13(9-11)15-19-20(16(21)23-15)12-3-5-18-6-4-12;/h8-9,12,18H,1-7H2;1H. The van der Waals surface area contributed by atoms with E-state index >= 15 is 0 Å². The predicted octanol–water partition coefficient (Wildman–Crippen LogP) is 2.83. The molecule has 0 saturated carbocycles. The highest BCUT2D eigenvalue weighted by molar-refractivity contribution is 6.31. The maximum atomic E-state index is 12.2. The Hall–Kier alpha value is -1.50. The van der Waals surface area contributed by atoms with Gasteiger partial charge in [0.1, 0.15) is 5.75 Å². The van der Waals surface area contributed by atoms with E-state index in [0.29, 0.717) is 17.2 Å². The van der Waals surface area contributed by atoms with Crippen molar-refractivity contribution in [1.29, 1.82) is 0 Å². The summed E-state index contributed by atoms with van der Waals surface area (Å²) in [6.07, 6.45) is 3.61. The molecule has 2 aromatic rings. The Morgan fingerprint density at radius 3 is 2.88 bits per heavy atom. The number of piperidine rings is 1. The Morgan fingerprint density at radius 1 is 1.29 bits per heavy atom. The Kier molecular flexibility index (Phi) is 5.18. The summed E-state index contributed by atoms with van der Waals surface area (Å²) in [5.74, 6) is 0.602. The summed E-state index contributed by atoms with van der Waals surface area (Å²) in [6.45, 7) is 2.42. The molecule has 2 aliphatic rings. The molecule has 1 fully saturated rings. The van der Waals surface area contributed by atoms with Crippen molar-refractivity contribution in [3.05, 3.63) is 33.3 Å². The second-order valence-corrected chi connectivity index (χ2v) is 6.43. The van der Waals surface area contributed by atoms with Gasteiger partial charge < -0.3 is 14.5 Å². The smallest absolute Gasteiger partial charge is 0.437 e. The van der Waals surface area contributed by atoms with Gasteiger partial charge in [0, 0.05) is 5.02 Å². The molecular weight excluding hydrogens is 353 g/mol. The van der Waals surface area contributed by atoms with E-state index in [0.717, 1.165) is 50.1 Å². The highest BCUT2D eigenvalue weighted by atomic mass is 35.5. The normalized spacial score (nSPS) is 17.7. The molecule has 1 N–H and O–H groups in total. The van der Waals surface area contributed by atoms with Gasteiger partial charge in [0.25, 0.3) is 5.89 Å². The molecule has 0 bridgehead atoms.